The van der Waals surface area contributed by atoms with Gasteiger partial charge in [0.1, 0.15) is 5.78 Å². The molecule has 0 spiro atoms. The van der Waals surface area contributed by atoms with Crippen LogP contribution in [0.3, 0.4) is 0 Å². The molecule has 1 heteroatoms. The molecule has 0 aromatic rings. The highest BCUT2D eigenvalue weighted by atomic mass is 16.1. The van der Waals surface area contributed by atoms with Crippen LogP contribution in [0.5, 0.6) is 0 Å². The van der Waals surface area contributed by atoms with Gasteiger partial charge in [-0.15, -0.1) is 0 Å². The molecule has 1 atom stereocenters. The first-order valence-corrected chi connectivity index (χ1v) is 7.86. The van der Waals surface area contributed by atoms with Gasteiger partial charge in [0.15, 0.2) is 0 Å². The fourth-order valence-corrected chi connectivity index (χ4v) is 2.74. The molecule has 18 heavy (non-hydrogen) atoms. The van der Waals surface area contributed by atoms with Gasteiger partial charge in [0, 0.05) is 12.3 Å². The minimum absolute atomic E-state index is 0.305. The number of allylic oxidation sites excluding steroid dienone is 2. The first-order valence-electron chi connectivity index (χ1n) is 7.86. The van der Waals surface area contributed by atoms with Gasteiger partial charge >= 0.3 is 0 Å². The zero-order valence-electron chi connectivity index (χ0n) is 12.3. The summed E-state index contributed by atoms with van der Waals surface area (Å²) in [6, 6.07) is 0. The molecule has 0 N–H and O–H groups in total. The van der Waals surface area contributed by atoms with E-state index >= 15 is 0 Å². The average Bonchev–Trinajstić information content (AvgIpc) is 2.32. The summed E-state index contributed by atoms with van der Waals surface area (Å²) < 4.78 is 0. The van der Waals surface area contributed by atoms with Gasteiger partial charge in [-0.2, -0.15) is 0 Å². The number of rotatable bonds is 2. The van der Waals surface area contributed by atoms with Crippen LogP contribution in [0.4, 0.5) is 0 Å². The summed E-state index contributed by atoms with van der Waals surface area (Å²) >= 11 is 0. The monoisotopic (exact) mass is 250 g/mol. The molecule has 1 nitrogen and oxygen atoms in total. The van der Waals surface area contributed by atoms with E-state index in [-0.39, 0.29) is 0 Å². The van der Waals surface area contributed by atoms with E-state index in [2.05, 4.69) is 19.9 Å². The van der Waals surface area contributed by atoms with E-state index in [0.29, 0.717) is 11.7 Å². The number of carbonyl (C=O) groups is 1. The lowest BCUT2D eigenvalue weighted by molar-refractivity contribution is -0.123. The van der Waals surface area contributed by atoms with Crippen molar-refractivity contribution in [2.45, 2.75) is 84.5 Å². The van der Waals surface area contributed by atoms with Crippen molar-refractivity contribution < 1.29 is 4.79 Å². The lowest BCUT2D eigenvalue weighted by atomic mass is 9.89. The number of Topliss-reactive ketones (excluding diaryl/α,β-unsaturated/α-hetero) is 1. The van der Waals surface area contributed by atoms with E-state index in [4.69, 9.17) is 0 Å². The molecule has 0 radical (unpaired) electrons. The summed E-state index contributed by atoms with van der Waals surface area (Å²) in [4.78, 5) is 12.2. The van der Waals surface area contributed by atoms with Crippen molar-refractivity contribution in [3.63, 3.8) is 0 Å². The Bertz CT molecular complexity index is 261. The number of ketones is 1. The van der Waals surface area contributed by atoms with E-state index in [1.807, 2.05) is 0 Å². The summed E-state index contributed by atoms with van der Waals surface area (Å²) in [5, 5.41) is 0. The van der Waals surface area contributed by atoms with Gasteiger partial charge in [-0.25, -0.2) is 0 Å². The largest absolute Gasteiger partial charge is 0.299 e. The minimum atomic E-state index is 0.305. The maximum Gasteiger partial charge on any atom is 0.136 e. The van der Waals surface area contributed by atoms with Crippen molar-refractivity contribution >= 4 is 5.78 Å². The number of carbonyl (C=O) groups excluding carboxylic acids is 1. The second-order valence-corrected chi connectivity index (χ2v) is 6.05. The Labute approximate surface area is 113 Å². The normalized spacial score (nSPS) is 23.9. The molecule has 0 aromatic carbocycles. The number of hydrogen-bond donors (Lipinski definition) is 0. The fourth-order valence-electron chi connectivity index (χ4n) is 2.74. The van der Waals surface area contributed by atoms with Gasteiger partial charge in [0.25, 0.3) is 0 Å². The molecular formula is C17H30O. The van der Waals surface area contributed by atoms with Gasteiger partial charge in [-0.05, 0) is 33.1 Å². The second-order valence-electron chi connectivity index (χ2n) is 6.05. The molecule has 1 aliphatic rings. The minimum Gasteiger partial charge on any atom is -0.299 e. The maximum absolute atomic E-state index is 12.2. The SMILES string of the molecule is CC(C)=CCC1CCCCCCCCCCC1=O. The molecule has 104 valence electrons. The Kier molecular flexibility index (Phi) is 8.04. The average molecular weight is 250 g/mol. The van der Waals surface area contributed by atoms with Crippen molar-refractivity contribution in [2.24, 2.45) is 5.92 Å². The third-order valence-electron chi connectivity index (χ3n) is 3.99. The first kappa shape index (κ1) is 15.5. The second kappa shape index (κ2) is 9.35. The van der Waals surface area contributed by atoms with Gasteiger partial charge in [-0.1, -0.05) is 56.6 Å². The molecular weight excluding hydrogens is 220 g/mol. The topological polar surface area (TPSA) is 17.1 Å². The number of hydrogen-bond acceptors (Lipinski definition) is 1. The fraction of sp³-hybridized carbons (Fsp3) is 0.824. The zero-order valence-corrected chi connectivity index (χ0v) is 12.3. The van der Waals surface area contributed by atoms with Crippen molar-refractivity contribution in [3.05, 3.63) is 11.6 Å². The Morgan fingerprint density at radius 2 is 1.56 bits per heavy atom. The Morgan fingerprint density at radius 1 is 1.00 bits per heavy atom. The third-order valence-corrected chi connectivity index (χ3v) is 3.99. The van der Waals surface area contributed by atoms with Gasteiger partial charge < -0.3 is 0 Å². The highest BCUT2D eigenvalue weighted by molar-refractivity contribution is 5.81. The van der Waals surface area contributed by atoms with Crippen LogP contribution in [0.2, 0.25) is 0 Å². The van der Waals surface area contributed by atoms with Gasteiger partial charge in [-0.3, -0.25) is 4.79 Å². The Hall–Kier alpha value is -0.590. The van der Waals surface area contributed by atoms with Crippen LogP contribution in [-0.2, 0) is 4.79 Å². The Morgan fingerprint density at radius 3 is 2.17 bits per heavy atom. The van der Waals surface area contributed by atoms with E-state index in [1.54, 1.807) is 0 Å². The highest BCUT2D eigenvalue weighted by Crippen LogP contribution is 2.21. The summed E-state index contributed by atoms with van der Waals surface area (Å²) in [5.41, 5.74) is 1.34. The quantitative estimate of drug-likeness (QED) is 0.596. The molecule has 0 aliphatic heterocycles. The van der Waals surface area contributed by atoms with Crippen molar-refractivity contribution in [3.8, 4) is 0 Å². The molecule has 1 saturated carbocycles. The van der Waals surface area contributed by atoms with Crippen LogP contribution in [-0.4, -0.2) is 5.78 Å². The molecule has 0 saturated heterocycles. The van der Waals surface area contributed by atoms with Crippen molar-refractivity contribution in [1.82, 2.24) is 0 Å². The lowest BCUT2D eigenvalue weighted by Gasteiger charge is -2.15. The van der Waals surface area contributed by atoms with Crippen LogP contribution in [0.25, 0.3) is 0 Å². The molecule has 0 aromatic heterocycles. The van der Waals surface area contributed by atoms with E-state index in [1.165, 1.54) is 50.5 Å². The smallest absolute Gasteiger partial charge is 0.136 e. The molecule has 0 amide bonds. The maximum atomic E-state index is 12.2. The molecule has 0 heterocycles. The summed E-state index contributed by atoms with van der Waals surface area (Å²) in [7, 11) is 0. The lowest BCUT2D eigenvalue weighted by Crippen LogP contribution is -2.14. The van der Waals surface area contributed by atoms with E-state index < -0.39 is 0 Å². The summed E-state index contributed by atoms with van der Waals surface area (Å²) in [6.07, 6.45) is 15.5. The molecule has 1 fully saturated rings. The van der Waals surface area contributed by atoms with Gasteiger partial charge in [0.05, 0.1) is 0 Å². The van der Waals surface area contributed by atoms with Gasteiger partial charge in [0.2, 0.25) is 0 Å². The van der Waals surface area contributed by atoms with E-state index in [9.17, 15) is 4.79 Å². The van der Waals surface area contributed by atoms with Crippen LogP contribution in [0.15, 0.2) is 11.6 Å². The Balaban J connectivity index is 2.46. The third kappa shape index (κ3) is 6.98. The first-order chi connectivity index (χ1) is 8.70. The predicted octanol–water partition coefficient (Wildman–Crippen LogP) is 5.44. The molecule has 0 bridgehead atoms. The molecule has 1 unspecified atom stereocenters. The van der Waals surface area contributed by atoms with Crippen LogP contribution >= 0.6 is 0 Å². The van der Waals surface area contributed by atoms with Crippen molar-refractivity contribution in [2.75, 3.05) is 0 Å². The molecule has 1 rings (SSSR count). The predicted molar refractivity (Wildman–Crippen MR) is 78.7 cm³/mol. The zero-order chi connectivity index (χ0) is 13.2. The standard InChI is InChI=1S/C17H30O/c1-15(2)13-14-16-11-9-7-5-3-4-6-8-10-12-17(16)18/h13,16H,3-12,14H2,1-2H3. The summed E-state index contributed by atoms with van der Waals surface area (Å²) in [5.74, 6) is 0.826. The molecule has 1 aliphatic carbocycles. The summed E-state index contributed by atoms with van der Waals surface area (Å²) in [6.45, 7) is 4.25. The van der Waals surface area contributed by atoms with Crippen molar-refractivity contribution in [1.29, 1.82) is 0 Å². The highest BCUT2D eigenvalue weighted by Gasteiger charge is 2.16. The van der Waals surface area contributed by atoms with E-state index in [0.717, 1.165) is 25.7 Å². The van der Waals surface area contributed by atoms with Crippen LogP contribution in [0, 0.1) is 5.92 Å². The van der Waals surface area contributed by atoms with Crippen LogP contribution in [0.1, 0.15) is 84.5 Å². The van der Waals surface area contributed by atoms with Crippen LogP contribution < -0.4 is 0 Å².